The van der Waals surface area contributed by atoms with Gasteiger partial charge in [-0.05, 0) is 85.8 Å². The van der Waals surface area contributed by atoms with E-state index in [-0.39, 0.29) is 23.2 Å². The number of aromatic nitrogens is 2. The molecule has 168 valence electrons. The Morgan fingerprint density at radius 1 is 0.939 bits per heavy atom. The van der Waals surface area contributed by atoms with Gasteiger partial charge >= 0.3 is 0 Å². The average molecular weight is 446 g/mol. The number of aryl methyl sites for hydroxylation is 1. The van der Waals surface area contributed by atoms with Gasteiger partial charge in [-0.25, -0.2) is 13.8 Å². The van der Waals surface area contributed by atoms with E-state index >= 15 is 0 Å². The van der Waals surface area contributed by atoms with Gasteiger partial charge in [0.05, 0.1) is 16.9 Å². The van der Waals surface area contributed by atoms with Crippen molar-refractivity contribution < 1.29 is 8.78 Å². The lowest BCUT2D eigenvalue weighted by atomic mass is 9.77. The molecule has 1 fully saturated rings. The second-order valence-electron chi connectivity index (χ2n) is 8.76. The molecule has 33 heavy (non-hydrogen) atoms. The van der Waals surface area contributed by atoms with Crippen LogP contribution in [0, 0.1) is 24.5 Å². The normalized spacial score (nSPS) is 14.8. The van der Waals surface area contributed by atoms with Crippen LogP contribution in [0.2, 0.25) is 0 Å². The van der Waals surface area contributed by atoms with Crippen LogP contribution in [-0.2, 0) is 0 Å². The molecule has 0 bridgehead atoms. The number of fused-ring (bicyclic) bond motifs is 1. The van der Waals surface area contributed by atoms with Gasteiger partial charge in [-0.2, -0.15) is 0 Å². The summed E-state index contributed by atoms with van der Waals surface area (Å²) in [7, 11) is 1.88. The lowest BCUT2D eigenvalue weighted by Crippen LogP contribution is -2.35. The zero-order chi connectivity index (χ0) is 23.1. The van der Waals surface area contributed by atoms with Crippen LogP contribution in [0.15, 0.2) is 71.5 Å². The molecule has 0 aliphatic heterocycles. The zero-order valence-corrected chi connectivity index (χ0v) is 18.6. The summed E-state index contributed by atoms with van der Waals surface area (Å²) in [5, 5.41) is 0.526. The molecule has 4 nitrogen and oxygen atoms in total. The summed E-state index contributed by atoms with van der Waals surface area (Å²) in [4.78, 5) is 20.5. The molecule has 1 saturated carbocycles. The molecule has 0 saturated heterocycles. The third-order valence-electron chi connectivity index (χ3n) is 6.75. The Hall–Kier alpha value is -3.54. The van der Waals surface area contributed by atoms with Crippen LogP contribution < -0.4 is 10.5 Å². The number of rotatable bonds is 5. The fourth-order valence-electron chi connectivity index (χ4n) is 4.70. The van der Waals surface area contributed by atoms with Crippen molar-refractivity contribution in [3.8, 4) is 0 Å². The third kappa shape index (κ3) is 3.90. The molecule has 1 heterocycles. The number of nitrogens with zero attached hydrogens (tertiary/aromatic N) is 3. The summed E-state index contributed by atoms with van der Waals surface area (Å²) < 4.78 is 28.7. The van der Waals surface area contributed by atoms with Gasteiger partial charge in [0.25, 0.3) is 5.56 Å². The minimum atomic E-state index is -0.295. The van der Waals surface area contributed by atoms with Gasteiger partial charge in [0.1, 0.15) is 17.5 Å². The Kier molecular flexibility index (Phi) is 5.44. The van der Waals surface area contributed by atoms with Crippen molar-refractivity contribution in [1.29, 1.82) is 0 Å². The Morgan fingerprint density at radius 2 is 1.55 bits per heavy atom. The fraction of sp³-hybridized carbons (Fsp3) is 0.259. The van der Waals surface area contributed by atoms with Crippen molar-refractivity contribution in [2.45, 2.75) is 32.2 Å². The van der Waals surface area contributed by atoms with Gasteiger partial charge in [-0.3, -0.25) is 9.36 Å². The summed E-state index contributed by atoms with van der Waals surface area (Å²) in [6, 6.07) is 18.1. The highest BCUT2D eigenvalue weighted by Gasteiger charge is 2.32. The fourth-order valence-corrected chi connectivity index (χ4v) is 4.70. The van der Waals surface area contributed by atoms with Crippen molar-refractivity contribution in [3.05, 3.63) is 100 Å². The summed E-state index contributed by atoms with van der Waals surface area (Å²) in [5.74, 6) is 0.376. The Morgan fingerprint density at radius 3 is 2.15 bits per heavy atom. The molecule has 1 aliphatic rings. The van der Waals surface area contributed by atoms with E-state index in [4.69, 9.17) is 4.98 Å². The van der Waals surface area contributed by atoms with Crippen LogP contribution in [0.5, 0.6) is 0 Å². The van der Waals surface area contributed by atoms with Crippen LogP contribution >= 0.6 is 0 Å². The van der Waals surface area contributed by atoms with Gasteiger partial charge in [-0.1, -0.05) is 18.6 Å². The average Bonchev–Trinajstić information content (AvgIpc) is 2.78. The highest BCUT2D eigenvalue weighted by Crippen LogP contribution is 2.40. The first kappa shape index (κ1) is 21.3. The van der Waals surface area contributed by atoms with E-state index in [0.717, 1.165) is 36.2 Å². The lowest BCUT2D eigenvalue weighted by Gasteiger charge is -2.36. The summed E-state index contributed by atoms with van der Waals surface area (Å²) >= 11 is 0. The highest BCUT2D eigenvalue weighted by atomic mass is 19.1. The molecule has 1 aliphatic carbocycles. The maximum atomic E-state index is 13.8. The van der Waals surface area contributed by atoms with Crippen LogP contribution in [0.1, 0.15) is 36.7 Å². The summed E-state index contributed by atoms with van der Waals surface area (Å²) in [5.41, 5.74) is 3.08. The standard InChI is InChI=1S/C27H25F2N3O/c1-17-30-25-15-14-23(31(2)22-12-10-21(29)11-13-22)16-24(25)27(33)32(17)26(18-4-3-5-18)19-6-8-20(28)9-7-19/h6-16,18,26H,3-5H2,1-2H3. The zero-order valence-electron chi connectivity index (χ0n) is 18.6. The van der Waals surface area contributed by atoms with Crippen molar-refractivity contribution in [2.75, 3.05) is 11.9 Å². The van der Waals surface area contributed by atoms with Crippen LogP contribution in [0.25, 0.3) is 10.9 Å². The summed E-state index contributed by atoms with van der Waals surface area (Å²) in [6.07, 6.45) is 3.18. The minimum Gasteiger partial charge on any atom is -0.345 e. The van der Waals surface area contributed by atoms with E-state index in [1.807, 2.05) is 37.1 Å². The maximum absolute atomic E-state index is 13.8. The van der Waals surface area contributed by atoms with E-state index in [9.17, 15) is 13.6 Å². The van der Waals surface area contributed by atoms with Crippen molar-refractivity contribution in [1.82, 2.24) is 9.55 Å². The molecule has 4 aromatic rings. The largest absolute Gasteiger partial charge is 0.345 e. The first-order valence-electron chi connectivity index (χ1n) is 11.2. The molecular formula is C27H25F2N3O. The van der Waals surface area contributed by atoms with E-state index in [1.165, 1.54) is 24.3 Å². The Labute approximate surface area is 191 Å². The van der Waals surface area contributed by atoms with Gasteiger partial charge in [0, 0.05) is 18.4 Å². The van der Waals surface area contributed by atoms with Crippen molar-refractivity contribution >= 4 is 22.3 Å². The number of hydrogen-bond acceptors (Lipinski definition) is 3. The summed E-state index contributed by atoms with van der Waals surface area (Å²) in [6.45, 7) is 1.86. The molecular weight excluding hydrogens is 420 g/mol. The van der Waals surface area contributed by atoms with Gasteiger partial charge in [0.2, 0.25) is 0 Å². The van der Waals surface area contributed by atoms with Gasteiger partial charge < -0.3 is 4.90 Å². The predicted molar refractivity (Wildman–Crippen MR) is 127 cm³/mol. The van der Waals surface area contributed by atoms with E-state index < -0.39 is 0 Å². The van der Waals surface area contributed by atoms with E-state index in [0.29, 0.717) is 22.6 Å². The number of hydrogen-bond donors (Lipinski definition) is 0. The van der Waals surface area contributed by atoms with Crippen LogP contribution in [0.3, 0.4) is 0 Å². The number of anilines is 2. The smallest absolute Gasteiger partial charge is 0.262 e. The second kappa shape index (κ2) is 8.43. The Bertz CT molecular complexity index is 1360. The first-order chi connectivity index (χ1) is 15.9. The molecule has 1 aromatic heterocycles. The first-order valence-corrected chi connectivity index (χ1v) is 11.2. The highest BCUT2D eigenvalue weighted by molar-refractivity contribution is 5.83. The number of halogens is 2. The number of benzene rings is 3. The minimum absolute atomic E-state index is 0.104. The van der Waals surface area contributed by atoms with E-state index in [1.54, 1.807) is 28.8 Å². The molecule has 0 N–H and O–H groups in total. The van der Waals surface area contributed by atoms with Gasteiger partial charge in [0.15, 0.2) is 0 Å². The molecule has 1 unspecified atom stereocenters. The van der Waals surface area contributed by atoms with Crippen molar-refractivity contribution in [3.63, 3.8) is 0 Å². The predicted octanol–water partition coefficient (Wildman–Crippen LogP) is 6.14. The molecule has 0 amide bonds. The third-order valence-corrected chi connectivity index (χ3v) is 6.75. The molecule has 1 atom stereocenters. The molecule has 0 radical (unpaired) electrons. The maximum Gasteiger partial charge on any atom is 0.262 e. The topological polar surface area (TPSA) is 38.1 Å². The van der Waals surface area contributed by atoms with Gasteiger partial charge in [-0.15, -0.1) is 0 Å². The van der Waals surface area contributed by atoms with Crippen molar-refractivity contribution in [2.24, 2.45) is 5.92 Å². The van der Waals surface area contributed by atoms with E-state index in [2.05, 4.69) is 0 Å². The lowest BCUT2D eigenvalue weighted by molar-refractivity contribution is 0.231. The monoisotopic (exact) mass is 445 g/mol. The second-order valence-corrected chi connectivity index (χ2v) is 8.76. The quantitative estimate of drug-likeness (QED) is 0.370. The molecule has 0 spiro atoms. The Balaban J connectivity index is 1.63. The molecule has 6 heteroatoms. The SMILES string of the molecule is Cc1nc2ccc(N(C)c3ccc(F)cc3)cc2c(=O)n1C(c1ccc(F)cc1)C1CCC1. The molecule has 3 aromatic carbocycles. The van der Waals surface area contributed by atoms with Crippen LogP contribution in [0.4, 0.5) is 20.2 Å². The molecule has 5 rings (SSSR count). The van der Waals surface area contributed by atoms with Crippen LogP contribution in [-0.4, -0.2) is 16.6 Å².